The second-order valence-corrected chi connectivity index (χ2v) is 5.31. The molecule has 1 aromatic carbocycles. The van der Waals surface area contributed by atoms with Crippen molar-refractivity contribution in [3.63, 3.8) is 0 Å². The fourth-order valence-electron chi connectivity index (χ4n) is 2.63. The molecular formula is C17H21N5O. The van der Waals surface area contributed by atoms with Crippen molar-refractivity contribution in [1.29, 1.82) is 0 Å². The summed E-state index contributed by atoms with van der Waals surface area (Å²) in [7, 11) is 0. The Hall–Kier alpha value is -2.60. The first kappa shape index (κ1) is 15.3. The van der Waals surface area contributed by atoms with Crippen molar-refractivity contribution in [3.8, 4) is 0 Å². The maximum atomic E-state index is 12.3. The van der Waals surface area contributed by atoms with E-state index in [1.54, 1.807) is 6.20 Å². The minimum Gasteiger partial charge on any atom is -0.321 e. The highest BCUT2D eigenvalue weighted by Crippen LogP contribution is 2.16. The Labute approximate surface area is 136 Å². The Morgan fingerprint density at radius 3 is 2.70 bits per heavy atom. The van der Waals surface area contributed by atoms with Crippen LogP contribution in [0.15, 0.2) is 42.7 Å². The van der Waals surface area contributed by atoms with Crippen LogP contribution in [0.25, 0.3) is 6.08 Å². The molecule has 120 valence electrons. The molecule has 1 aliphatic rings. The van der Waals surface area contributed by atoms with E-state index < -0.39 is 0 Å². The van der Waals surface area contributed by atoms with E-state index in [1.807, 2.05) is 47.2 Å². The second-order valence-electron chi connectivity index (χ2n) is 5.31. The first-order valence-corrected chi connectivity index (χ1v) is 7.84. The lowest BCUT2D eigenvalue weighted by atomic mass is 10.3. The summed E-state index contributed by atoms with van der Waals surface area (Å²) in [5.74, 6) is 0.604. The number of nitrogens with zero attached hydrogens (tertiary/aromatic N) is 4. The van der Waals surface area contributed by atoms with E-state index in [0.717, 1.165) is 24.6 Å². The number of hydrogen-bond donors (Lipinski definition) is 1. The highest BCUT2D eigenvalue weighted by atomic mass is 16.1. The predicted octanol–water partition coefficient (Wildman–Crippen LogP) is 2.64. The topological polar surface area (TPSA) is 53.4 Å². The van der Waals surface area contributed by atoms with E-state index in [-0.39, 0.29) is 5.91 Å². The Morgan fingerprint density at radius 1 is 1.26 bits per heavy atom. The quantitative estimate of drug-likeness (QED) is 0.922. The van der Waals surface area contributed by atoms with Crippen LogP contribution in [0.2, 0.25) is 0 Å². The molecule has 1 N–H and O–H groups in total. The summed E-state index contributed by atoms with van der Waals surface area (Å²) in [4.78, 5) is 16.7. The van der Waals surface area contributed by atoms with Gasteiger partial charge < -0.3 is 9.88 Å². The lowest BCUT2D eigenvalue weighted by Crippen LogP contribution is -2.41. The van der Waals surface area contributed by atoms with E-state index in [1.165, 1.54) is 0 Å². The van der Waals surface area contributed by atoms with Crippen LogP contribution in [0.3, 0.4) is 0 Å². The van der Waals surface area contributed by atoms with Gasteiger partial charge >= 0.3 is 0 Å². The molecule has 0 aliphatic carbocycles. The van der Waals surface area contributed by atoms with Gasteiger partial charge in [0.05, 0.1) is 0 Å². The largest absolute Gasteiger partial charge is 0.321 e. The molecule has 0 saturated heterocycles. The third kappa shape index (κ3) is 3.27. The van der Waals surface area contributed by atoms with Crippen molar-refractivity contribution in [2.45, 2.75) is 20.5 Å². The van der Waals surface area contributed by atoms with Gasteiger partial charge in [0.1, 0.15) is 18.2 Å². The summed E-state index contributed by atoms with van der Waals surface area (Å²) in [6.45, 7) is 6.79. The zero-order valence-corrected chi connectivity index (χ0v) is 13.4. The van der Waals surface area contributed by atoms with Gasteiger partial charge in [0.15, 0.2) is 0 Å². The number of rotatable bonds is 5. The highest BCUT2D eigenvalue weighted by Gasteiger charge is 2.19. The molecule has 1 amide bonds. The SMILES string of the molecule is CCN(CC)N1C=Cc2nc(C(=O)Nc3ccccc3)cn2C1. The van der Waals surface area contributed by atoms with Crippen LogP contribution in [0.1, 0.15) is 30.2 Å². The number of nitrogens with one attached hydrogen (secondary N) is 1. The van der Waals surface area contributed by atoms with Gasteiger partial charge in [-0.15, -0.1) is 0 Å². The molecule has 1 aromatic heterocycles. The van der Waals surface area contributed by atoms with Crippen molar-refractivity contribution < 1.29 is 4.79 Å². The van der Waals surface area contributed by atoms with E-state index in [2.05, 4.69) is 34.2 Å². The van der Waals surface area contributed by atoms with Gasteiger partial charge in [0.25, 0.3) is 5.91 Å². The summed E-state index contributed by atoms with van der Waals surface area (Å²) in [6, 6.07) is 9.40. The second kappa shape index (κ2) is 6.66. The number of amides is 1. The van der Waals surface area contributed by atoms with Gasteiger partial charge in [-0.25, -0.2) is 9.99 Å². The number of carbonyl (C=O) groups excluding carboxylic acids is 1. The van der Waals surface area contributed by atoms with Crippen molar-refractivity contribution in [3.05, 3.63) is 54.2 Å². The van der Waals surface area contributed by atoms with Gasteiger partial charge in [0.2, 0.25) is 0 Å². The Balaban J connectivity index is 1.74. The minimum atomic E-state index is -0.194. The predicted molar refractivity (Wildman–Crippen MR) is 90.4 cm³/mol. The summed E-state index contributed by atoms with van der Waals surface area (Å²) >= 11 is 0. The van der Waals surface area contributed by atoms with Crippen LogP contribution in [-0.4, -0.2) is 38.6 Å². The molecule has 0 radical (unpaired) electrons. The maximum absolute atomic E-state index is 12.3. The number of benzene rings is 1. The zero-order valence-electron chi connectivity index (χ0n) is 13.4. The number of carbonyl (C=O) groups is 1. The lowest BCUT2D eigenvalue weighted by Gasteiger charge is -2.34. The van der Waals surface area contributed by atoms with Crippen molar-refractivity contribution in [1.82, 2.24) is 19.6 Å². The summed E-state index contributed by atoms with van der Waals surface area (Å²) in [5, 5.41) is 7.22. The molecule has 2 heterocycles. The van der Waals surface area contributed by atoms with E-state index in [9.17, 15) is 4.79 Å². The number of hydrogen-bond acceptors (Lipinski definition) is 4. The number of imidazole rings is 1. The summed E-state index contributed by atoms with van der Waals surface area (Å²) in [6.07, 6.45) is 5.74. The molecule has 0 bridgehead atoms. The van der Waals surface area contributed by atoms with Crippen LogP contribution in [0, 0.1) is 0 Å². The standard InChI is InChI=1S/C17H21N5O/c1-3-21(4-2)22-11-10-16-19-15(12-20(16)13-22)17(23)18-14-8-6-5-7-9-14/h5-12H,3-4,13H2,1-2H3,(H,18,23). The molecule has 0 saturated carbocycles. The molecule has 23 heavy (non-hydrogen) atoms. The Bertz CT molecular complexity index is 703. The number of anilines is 1. The lowest BCUT2D eigenvalue weighted by molar-refractivity contribution is 0.00293. The van der Waals surface area contributed by atoms with Crippen LogP contribution in [0.4, 0.5) is 5.69 Å². The summed E-state index contributed by atoms with van der Waals surface area (Å²) < 4.78 is 1.98. The molecule has 0 unspecified atom stereocenters. The monoisotopic (exact) mass is 311 g/mol. The zero-order chi connectivity index (χ0) is 16.2. The third-order valence-electron chi connectivity index (χ3n) is 3.86. The van der Waals surface area contributed by atoms with Gasteiger partial charge in [-0.1, -0.05) is 32.0 Å². The Morgan fingerprint density at radius 2 is 2.00 bits per heavy atom. The number of hydrazine groups is 1. The van der Waals surface area contributed by atoms with Crippen LogP contribution in [-0.2, 0) is 6.67 Å². The molecule has 0 spiro atoms. The number of para-hydroxylation sites is 1. The van der Waals surface area contributed by atoms with E-state index in [0.29, 0.717) is 12.4 Å². The number of fused-ring (bicyclic) bond motifs is 1. The Kier molecular flexibility index (Phi) is 4.43. The van der Waals surface area contributed by atoms with Gasteiger partial charge in [-0.3, -0.25) is 9.80 Å². The van der Waals surface area contributed by atoms with Crippen molar-refractivity contribution in [2.24, 2.45) is 0 Å². The van der Waals surface area contributed by atoms with Crippen LogP contribution < -0.4 is 5.32 Å². The molecule has 0 fully saturated rings. The van der Waals surface area contributed by atoms with Gasteiger partial charge in [0, 0.05) is 31.2 Å². The molecular weight excluding hydrogens is 290 g/mol. The van der Waals surface area contributed by atoms with Gasteiger partial charge in [-0.2, -0.15) is 0 Å². The molecule has 1 aliphatic heterocycles. The fourth-order valence-corrected chi connectivity index (χ4v) is 2.63. The van der Waals surface area contributed by atoms with Crippen LogP contribution >= 0.6 is 0 Å². The van der Waals surface area contributed by atoms with Gasteiger partial charge in [-0.05, 0) is 18.2 Å². The normalized spacial score (nSPS) is 13.3. The fraction of sp³-hybridized carbons (Fsp3) is 0.294. The molecule has 6 nitrogen and oxygen atoms in total. The van der Waals surface area contributed by atoms with Crippen molar-refractivity contribution >= 4 is 17.7 Å². The molecule has 3 rings (SSSR count). The minimum absolute atomic E-state index is 0.194. The first-order valence-electron chi connectivity index (χ1n) is 7.84. The molecule has 0 atom stereocenters. The van der Waals surface area contributed by atoms with E-state index in [4.69, 9.17) is 0 Å². The highest BCUT2D eigenvalue weighted by molar-refractivity contribution is 6.02. The van der Waals surface area contributed by atoms with Crippen LogP contribution in [0.5, 0.6) is 0 Å². The van der Waals surface area contributed by atoms with Crippen molar-refractivity contribution in [2.75, 3.05) is 18.4 Å². The first-order chi connectivity index (χ1) is 11.2. The average Bonchev–Trinajstić information content (AvgIpc) is 3.00. The smallest absolute Gasteiger partial charge is 0.275 e. The average molecular weight is 311 g/mol. The molecule has 2 aromatic rings. The number of aromatic nitrogens is 2. The summed E-state index contributed by atoms with van der Waals surface area (Å²) in [5.41, 5.74) is 1.19. The third-order valence-corrected chi connectivity index (χ3v) is 3.86. The molecule has 6 heteroatoms. The maximum Gasteiger partial charge on any atom is 0.275 e. The van der Waals surface area contributed by atoms with E-state index >= 15 is 0 Å².